The zero-order valence-electron chi connectivity index (χ0n) is 12.4. The van der Waals surface area contributed by atoms with E-state index in [2.05, 4.69) is 10.2 Å². The zero-order valence-corrected chi connectivity index (χ0v) is 12.4. The third-order valence-corrected chi connectivity index (χ3v) is 4.01. The number of nitriles is 1. The summed E-state index contributed by atoms with van der Waals surface area (Å²) in [5.74, 6) is 0.122. The van der Waals surface area contributed by atoms with Crippen LogP contribution in [0.3, 0.4) is 0 Å². The Hall–Kier alpha value is -1.88. The molecule has 0 aromatic carbocycles. The number of halogens is 3. The molecule has 1 atom stereocenters. The summed E-state index contributed by atoms with van der Waals surface area (Å²) < 4.78 is 38.7. The third kappa shape index (κ3) is 2.61. The fraction of sp³-hybridized carbons (Fsp3) is 0.643. The molecule has 0 amide bonds. The quantitative estimate of drug-likeness (QED) is 0.923. The molecule has 1 unspecified atom stereocenters. The maximum atomic E-state index is 12.9. The summed E-state index contributed by atoms with van der Waals surface area (Å²) in [6.45, 7) is 3.08. The predicted molar refractivity (Wildman–Crippen MR) is 73.3 cm³/mol. The number of hydrogen-bond donors (Lipinski definition) is 1. The Balaban J connectivity index is 2.42. The summed E-state index contributed by atoms with van der Waals surface area (Å²) in [5, 5.41) is 27.1. The summed E-state index contributed by atoms with van der Waals surface area (Å²) in [6, 6.07) is 2.03. The van der Waals surface area contributed by atoms with Crippen LogP contribution >= 0.6 is 0 Å². The molecule has 2 heterocycles. The number of aromatic nitrogens is 2. The van der Waals surface area contributed by atoms with E-state index >= 15 is 0 Å². The highest BCUT2D eigenvalue weighted by Crippen LogP contribution is 2.39. The molecule has 1 fully saturated rings. The van der Waals surface area contributed by atoms with E-state index in [1.165, 1.54) is 4.90 Å². The van der Waals surface area contributed by atoms with Gasteiger partial charge in [0.2, 0.25) is 0 Å². The second kappa shape index (κ2) is 5.72. The fourth-order valence-corrected chi connectivity index (χ4v) is 2.71. The van der Waals surface area contributed by atoms with Gasteiger partial charge in [-0.25, -0.2) is 0 Å². The molecule has 5 nitrogen and oxygen atoms in total. The van der Waals surface area contributed by atoms with E-state index in [-0.39, 0.29) is 17.9 Å². The van der Waals surface area contributed by atoms with Gasteiger partial charge in [0.05, 0.1) is 12.2 Å². The highest BCUT2D eigenvalue weighted by Gasteiger charge is 2.57. The summed E-state index contributed by atoms with van der Waals surface area (Å²) in [4.78, 5) is 1.29. The van der Waals surface area contributed by atoms with Crippen molar-refractivity contribution in [1.29, 1.82) is 5.26 Å². The lowest BCUT2D eigenvalue weighted by Gasteiger charge is -2.26. The highest BCUT2D eigenvalue weighted by atomic mass is 19.4. The lowest BCUT2D eigenvalue weighted by Crippen LogP contribution is -2.47. The molecule has 1 saturated heterocycles. The summed E-state index contributed by atoms with van der Waals surface area (Å²) >= 11 is 0. The van der Waals surface area contributed by atoms with Crippen LogP contribution in [0.2, 0.25) is 0 Å². The van der Waals surface area contributed by atoms with Crippen LogP contribution in [0.4, 0.5) is 19.0 Å². The zero-order chi connectivity index (χ0) is 16.5. The van der Waals surface area contributed by atoms with Crippen molar-refractivity contribution in [3.63, 3.8) is 0 Å². The number of aryl methyl sites for hydroxylation is 1. The van der Waals surface area contributed by atoms with Gasteiger partial charge in [-0.3, -0.25) is 0 Å². The van der Waals surface area contributed by atoms with Crippen LogP contribution in [0, 0.1) is 11.3 Å². The van der Waals surface area contributed by atoms with Gasteiger partial charge < -0.3 is 10.0 Å². The van der Waals surface area contributed by atoms with E-state index in [0.717, 1.165) is 0 Å². The second-order valence-electron chi connectivity index (χ2n) is 5.34. The number of anilines is 1. The van der Waals surface area contributed by atoms with Crippen molar-refractivity contribution in [2.45, 2.75) is 44.9 Å². The van der Waals surface area contributed by atoms with Crippen LogP contribution in [0.1, 0.15) is 37.1 Å². The first kappa shape index (κ1) is 16.5. The van der Waals surface area contributed by atoms with Crippen molar-refractivity contribution in [1.82, 2.24) is 10.2 Å². The molecule has 1 aromatic heterocycles. The normalized spacial score (nSPS) is 22.0. The van der Waals surface area contributed by atoms with Gasteiger partial charge in [0.15, 0.2) is 11.4 Å². The molecule has 0 saturated carbocycles. The molecule has 1 aliphatic heterocycles. The van der Waals surface area contributed by atoms with Crippen LogP contribution in [0.5, 0.6) is 0 Å². The van der Waals surface area contributed by atoms with E-state index in [0.29, 0.717) is 24.1 Å². The number of alkyl halides is 3. The second-order valence-corrected chi connectivity index (χ2v) is 5.34. The molecule has 1 aromatic rings. The van der Waals surface area contributed by atoms with Crippen molar-refractivity contribution in [2.75, 3.05) is 18.0 Å². The Bertz CT molecular complexity index is 611. The van der Waals surface area contributed by atoms with Crippen molar-refractivity contribution >= 4 is 5.82 Å². The first-order chi connectivity index (χ1) is 10.3. The molecule has 0 spiro atoms. The molecular weight excluding hydrogens is 297 g/mol. The Kier molecular flexibility index (Phi) is 4.29. The predicted octanol–water partition coefficient (Wildman–Crippen LogP) is 1.98. The van der Waals surface area contributed by atoms with Gasteiger partial charge in [-0.05, 0) is 18.4 Å². The van der Waals surface area contributed by atoms with Gasteiger partial charge in [-0.2, -0.15) is 23.5 Å². The van der Waals surface area contributed by atoms with Gasteiger partial charge in [0, 0.05) is 13.0 Å². The van der Waals surface area contributed by atoms with E-state index in [1.54, 1.807) is 0 Å². The van der Waals surface area contributed by atoms with Crippen LogP contribution < -0.4 is 4.90 Å². The summed E-state index contributed by atoms with van der Waals surface area (Å²) in [5.41, 5.74) is -1.14. The van der Waals surface area contributed by atoms with Crippen LogP contribution in [-0.4, -0.2) is 40.2 Å². The van der Waals surface area contributed by atoms with Crippen molar-refractivity contribution in [2.24, 2.45) is 0 Å². The Morgan fingerprint density at radius 1 is 1.32 bits per heavy atom. The van der Waals surface area contributed by atoms with Crippen LogP contribution in [-0.2, 0) is 12.8 Å². The van der Waals surface area contributed by atoms with Crippen LogP contribution in [0.15, 0.2) is 0 Å². The molecule has 1 aliphatic rings. The largest absolute Gasteiger partial charge is 0.418 e. The first-order valence-electron chi connectivity index (χ1n) is 7.10. The lowest BCUT2D eigenvalue weighted by atomic mass is 10.0. The summed E-state index contributed by atoms with van der Waals surface area (Å²) in [7, 11) is 0. The Morgan fingerprint density at radius 3 is 2.45 bits per heavy atom. The molecular formula is C14H17F3N4O. The molecule has 0 radical (unpaired) electrons. The van der Waals surface area contributed by atoms with Gasteiger partial charge in [0.1, 0.15) is 11.6 Å². The number of hydrogen-bond acceptors (Lipinski definition) is 5. The maximum absolute atomic E-state index is 12.9. The smallest absolute Gasteiger partial charge is 0.379 e. The van der Waals surface area contributed by atoms with Gasteiger partial charge in [-0.15, -0.1) is 5.10 Å². The third-order valence-electron chi connectivity index (χ3n) is 4.01. The molecule has 2 rings (SSSR count). The van der Waals surface area contributed by atoms with Gasteiger partial charge >= 0.3 is 6.18 Å². The Morgan fingerprint density at radius 2 is 2.00 bits per heavy atom. The van der Waals surface area contributed by atoms with E-state index in [9.17, 15) is 23.5 Å². The average Bonchev–Trinajstić information content (AvgIpc) is 2.88. The topological polar surface area (TPSA) is 73.0 Å². The van der Waals surface area contributed by atoms with E-state index in [4.69, 9.17) is 0 Å². The van der Waals surface area contributed by atoms with E-state index < -0.39 is 24.7 Å². The minimum atomic E-state index is -4.71. The first-order valence-corrected chi connectivity index (χ1v) is 7.10. The SMILES string of the molecule is CCc1nnc(N2CCC(O)(C(F)(F)F)C2)c(C#N)c1CC. The molecule has 120 valence electrons. The Labute approximate surface area is 126 Å². The van der Waals surface area contributed by atoms with Gasteiger partial charge in [0.25, 0.3) is 0 Å². The number of nitrogens with zero attached hydrogens (tertiary/aromatic N) is 4. The minimum absolute atomic E-state index is 0.0198. The summed E-state index contributed by atoms with van der Waals surface area (Å²) in [6.07, 6.45) is -4.01. The molecule has 1 N–H and O–H groups in total. The molecule has 0 aliphatic carbocycles. The minimum Gasteiger partial charge on any atom is -0.379 e. The molecule has 0 bridgehead atoms. The van der Waals surface area contributed by atoms with Crippen LogP contribution in [0.25, 0.3) is 0 Å². The van der Waals surface area contributed by atoms with Crippen molar-refractivity contribution in [3.8, 4) is 6.07 Å². The fourth-order valence-electron chi connectivity index (χ4n) is 2.71. The number of rotatable bonds is 3. The average molecular weight is 314 g/mol. The van der Waals surface area contributed by atoms with Crippen molar-refractivity contribution < 1.29 is 18.3 Å². The van der Waals surface area contributed by atoms with E-state index in [1.807, 2.05) is 19.9 Å². The monoisotopic (exact) mass is 314 g/mol. The maximum Gasteiger partial charge on any atom is 0.418 e. The van der Waals surface area contributed by atoms with Gasteiger partial charge in [-0.1, -0.05) is 13.8 Å². The van der Waals surface area contributed by atoms with Crippen molar-refractivity contribution in [3.05, 3.63) is 16.8 Å². The standard InChI is InChI=1S/C14H17F3N4O/c1-3-9-10(7-18)12(20-19-11(9)4-2)21-6-5-13(22,8-21)14(15,16)17/h22H,3-6,8H2,1-2H3. The lowest BCUT2D eigenvalue weighted by molar-refractivity contribution is -0.250. The molecule has 8 heteroatoms. The number of aliphatic hydroxyl groups is 1. The molecule has 22 heavy (non-hydrogen) atoms. The highest BCUT2D eigenvalue weighted by molar-refractivity contribution is 5.59. The number of β-amino-alcohol motifs (C(OH)–C–C–N with tert-alkyl or cyclic N) is 1.